The van der Waals surface area contributed by atoms with Crippen LogP contribution in [-0.4, -0.2) is 46.7 Å². The van der Waals surface area contributed by atoms with Crippen molar-refractivity contribution in [3.8, 4) is 0 Å². The molecule has 0 amide bonds. The minimum atomic E-state index is 0.646. The molecule has 4 heteroatoms. The van der Waals surface area contributed by atoms with E-state index in [4.69, 9.17) is 0 Å². The van der Waals surface area contributed by atoms with E-state index in [1.54, 1.807) is 0 Å². The van der Waals surface area contributed by atoms with E-state index >= 15 is 0 Å². The fourth-order valence-electron chi connectivity index (χ4n) is 2.88. The van der Waals surface area contributed by atoms with Gasteiger partial charge in [-0.1, -0.05) is 6.07 Å². The molecule has 3 rings (SSSR count). The Balaban J connectivity index is 1.86. The summed E-state index contributed by atoms with van der Waals surface area (Å²) in [6.07, 6.45) is 1.90. The van der Waals surface area contributed by atoms with E-state index in [-0.39, 0.29) is 0 Å². The van der Waals surface area contributed by atoms with Gasteiger partial charge in [-0.25, -0.2) is 4.98 Å². The minimum Gasteiger partial charge on any atom is -0.367 e. The molecule has 0 unspecified atom stereocenters. The Morgan fingerprint density at radius 3 is 2.53 bits per heavy atom. The first-order valence-electron chi connectivity index (χ1n) is 7.06. The number of para-hydroxylation sites is 1. The lowest BCUT2D eigenvalue weighted by Gasteiger charge is -2.38. The smallest absolute Gasteiger partial charge is 0.112 e. The zero-order valence-electron chi connectivity index (χ0n) is 12.0. The zero-order chi connectivity index (χ0) is 13.4. The van der Waals surface area contributed by atoms with Crippen LogP contribution in [0, 0.1) is 0 Å². The van der Waals surface area contributed by atoms with E-state index in [2.05, 4.69) is 58.4 Å². The molecule has 1 fully saturated rings. The first kappa shape index (κ1) is 12.5. The molecule has 1 aromatic heterocycles. The van der Waals surface area contributed by atoms with Crippen molar-refractivity contribution in [3.63, 3.8) is 0 Å². The van der Waals surface area contributed by atoms with Gasteiger partial charge in [-0.15, -0.1) is 0 Å². The van der Waals surface area contributed by atoms with Crippen molar-refractivity contribution in [3.05, 3.63) is 24.5 Å². The Kier molecular flexibility index (Phi) is 3.19. The third-order valence-electron chi connectivity index (χ3n) is 4.12. The van der Waals surface area contributed by atoms with Gasteiger partial charge in [0.25, 0.3) is 0 Å². The molecule has 0 atom stereocenters. The number of aryl methyl sites for hydroxylation is 1. The maximum atomic E-state index is 4.56. The highest BCUT2D eigenvalue weighted by Crippen LogP contribution is 2.26. The van der Waals surface area contributed by atoms with Crippen LogP contribution in [0.15, 0.2) is 24.5 Å². The molecule has 1 aliphatic heterocycles. The lowest BCUT2D eigenvalue weighted by atomic mass is 10.2. The van der Waals surface area contributed by atoms with Crippen LogP contribution in [0.1, 0.15) is 13.8 Å². The summed E-state index contributed by atoms with van der Waals surface area (Å²) in [7, 11) is 2.05. The Labute approximate surface area is 114 Å². The van der Waals surface area contributed by atoms with Gasteiger partial charge in [0.05, 0.1) is 17.5 Å². The van der Waals surface area contributed by atoms with Gasteiger partial charge < -0.3 is 9.47 Å². The highest BCUT2D eigenvalue weighted by Gasteiger charge is 2.20. The van der Waals surface area contributed by atoms with E-state index in [0.717, 1.165) is 31.7 Å². The van der Waals surface area contributed by atoms with Gasteiger partial charge in [0.15, 0.2) is 0 Å². The van der Waals surface area contributed by atoms with Crippen LogP contribution in [0.25, 0.3) is 11.0 Å². The lowest BCUT2D eigenvalue weighted by molar-refractivity contribution is 0.209. The molecular formula is C15H22N4. The van der Waals surface area contributed by atoms with Crippen LogP contribution in [0.4, 0.5) is 5.69 Å². The predicted molar refractivity (Wildman–Crippen MR) is 79.6 cm³/mol. The molecule has 1 aliphatic rings. The summed E-state index contributed by atoms with van der Waals surface area (Å²) < 4.78 is 2.09. The van der Waals surface area contributed by atoms with Gasteiger partial charge in [-0.2, -0.15) is 0 Å². The standard InChI is InChI=1S/C15H22N4/c1-12(2)18-7-9-19(10-8-18)14-6-4-5-13-15(14)16-11-17(13)3/h4-6,11-12H,7-10H2,1-3H3. The first-order valence-corrected chi connectivity index (χ1v) is 7.06. The summed E-state index contributed by atoms with van der Waals surface area (Å²) in [4.78, 5) is 9.56. The van der Waals surface area contributed by atoms with Crippen LogP contribution in [0.5, 0.6) is 0 Å². The van der Waals surface area contributed by atoms with Gasteiger partial charge in [-0.3, -0.25) is 4.90 Å². The molecule has 0 radical (unpaired) electrons. The third-order valence-corrected chi connectivity index (χ3v) is 4.12. The van der Waals surface area contributed by atoms with Crippen LogP contribution >= 0.6 is 0 Å². The molecule has 0 aliphatic carbocycles. The summed E-state index contributed by atoms with van der Waals surface area (Å²) in [5, 5.41) is 0. The zero-order valence-corrected chi connectivity index (χ0v) is 12.0. The Bertz CT molecular complexity index is 565. The van der Waals surface area contributed by atoms with E-state index < -0.39 is 0 Å². The number of fused-ring (bicyclic) bond motifs is 1. The summed E-state index contributed by atoms with van der Waals surface area (Å²) in [6, 6.07) is 7.11. The van der Waals surface area contributed by atoms with Crippen molar-refractivity contribution in [1.29, 1.82) is 0 Å². The maximum absolute atomic E-state index is 4.56. The third kappa shape index (κ3) is 2.21. The molecule has 2 aromatic rings. The number of aromatic nitrogens is 2. The summed E-state index contributed by atoms with van der Waals surface area (Å²) in [5.41, 5.74) is 3.62. The number of hydrogen-bond acceptors (Lipinski definition) is 3. The minimum absolute atomic E-state index is 0.646. The van der Waals surface area contributed by atoms with Gasteiger partial charge in [-0.05, 0) is 26.0 Å². The quantitative estimate of drug-likeness (QED) is 0.824. The summed E-state index contributed by atoms with van der Waals surface area (Å²) in [5.74, 6) is 0. The maximum Gasteiger partial charge on any atom is 0.112 e. The molecule has 0 spiro atoms. The van der Waals surface area contributed by atoms with E-state index in [9.17, 15) is 0 Å². The summed E-state index contributed by atoms with van der Waals surface area (Å²) in [6.45, 7) is 9.01. The van der Waals surface area contributed by atoms with Crippen LogP contribution in [0.2, 0.25) is 0 Å². The topological polar surface area (TPSA) is 24.3 Å². The molecular weight excluding hydrogens is 236 g/mol. The number of hydrogen-bond donors (Lipinski definition) is 0. The van der Waals surface area contributed by atoms with E-state index in [1.807, 2.05) is 6.33 Å². The highest BCUT2D eigenvalue weighted by molar-refractivity contribution is 5.89. The molecule has 1 saturated heterocycles. The largest absolute Gasteiger partial charge is 0.367 e. The molecule has 0 N–H and O–H groups in total. The number of piperazine rings is 1. The summed E-state index contributed by atoms with van der Waals surface area (Å²) >= 11 is 0. The number of nitrogens with zero attached hydrogens (tertiary/aromatic N) is 4. The molecule has 4 nitrogen and oxygen atoms in total. The van der Waals surface area contributed by atoms with Gasteiger partial charge in [0, 0.05) is 39.3 Å². The van der Waals surface area contributed by atoms with E-state index in [0.29, 0.717) is 6.04 Å². The highest BCUT2D eigenvalue weighted by atomic mass is 15.3. The average Bonchev–Trinajstić information content (AvgIpc) is 2.81. The first-order chi connectivity index (χ1) is 9.16. The average molecular weight is 258 g/mol. The number of anilines is 1. The van der Waals surface area contributed by atoms with Crippen LogP contribution in [0.3, 0.4) is 0 Å². The normalized spacial score (nSPS) is 17.6. The van der Waals surface area contributed by atoms with Crippen LogP contribution < -0.4 is 4.90 Å². The van der Waals surface area contributed by atoms with Crippen molar-refractivity contribution in [2.75, 3.05) is 31.1 Å². The molecule has 0 saturated carbocycles. The van der Waals surface area contributed by atoms with Crippen molar-refractivity contribution < 1.29 is 0 Å². The molecule has 2 heterocycles. The SMILES string of the molecule is CC(C)N1CCN(c2cccc3c2ncn3C)CC1. The van der Waals surface area contributed by atoms with Gasteiger partial charge in [0.1, 0.15) is 5.52 Å². The molecule has 0 bridgehead atoms. The van der Waals surface area contributed by atoms with Crippen molar-refractivity contribution in [1.82, 2.24) is 14.5 Å². The van der Waals surface area contributed by atoms with Crippen molar-refractivity contribution >= 4 is 16.7 Å². The number of imidazole rings is 1. The number of rotatable bonds is 2. The number of benzene rings is 1. The second kappa shape index (κ2) is 4.85. The molecule has 102 valence electrons. The Hall–Kier alpha value is -1.55. The Morgan fingerprint density at radius 1 is 1.11 bits per heavy atom. The Morgan fingerprint density at radius 2 is 1.84 bits per heavy atom. The van der Waals surface area contributed by atoms with Gasteiger partial charge in [0.2, 0.25) is 0 Å². The molecule has 19 heavy (non-hydrogen) atoms. The van der Waals surface area contributed by atoms with Crippen molar-refractivity contribution in [2.45, 2.75) is 19.9 Å². The van der Waals surface area contributed by atoms with E-state index in [1.165, 1.54) is 11.2 Å². The van der Waals surface area contributed by atoms with Crippen LogP contribution in [-0.2, 0) is 7.05 Å². The molecule has 1 aromatic carbocycles. The monoisotopic (exact) mass is 258 g/mol. The second-order valence-electron chi connectivity index (χ2n) is 5.62. The van der Waals surface area contributed by atoms with Crippen molar-refractivity contribution in [2.24, 2.45) is 7.05 Å². The fraction of sp³-hybridized carbons (Fsp3) is 0.533. The fourth-order valence-corrected chi connectivity index (χ4v) is 2.88. The van der Waals surface area contributed by atoms with Gasteiger partial charge >= 0.3 is 0 Å². The predicted octanol–water partition coefficient (Wildman–Crippen LogP) is 2.10. The second-order valence-corrected chi connectivity index (χ2v) is 5.62. The lowest BCUT2D eigenvalue weighted by Crippen LogP contribution is -2.48.